The molecule has 0 unspecified atom stereocenters. The van der Waals surface area contributed by atoms with Gasteiger partial charge < -0.3 is 10.1 Å². The summed E-state index contributed by atoms with van der Waals surface area (Å²) in [4.78, 5) is 27.8. The number of thiazole rings is 1. The number of aromatic nitrogens is 1. The van der Waals surface area contributed by atoms with Crippen molar-refractivity contribution in [3.8, 4) is 0 Å². The van der Waals surface area contributed by atoms with E-state index in [4.69, 9.17) is 0 Å². The molecule has 0 saturated heterocycles. The fourth-order valence-electron chi connectivity index (χ4n) is 1.66. The highest BCUT2D eigenvalue weighted by Gasteiger charge is 2.30. The Morgan fingerprint density at radius 3 is 2.79 bits per heavy atom. The van der Waals surface area contributed by atoms with Gasteiger partial charge >= 0.3 is 5.97 Å². The third-order valence-corrected chi connectivity index (χ3v) is 3.51. The fraction of sp³-hybridized carbons (Fsp3) is 0.308. The molecule has 0 fully saturated rings. The average molecular weight is 278 g/mol. The number of methoxy groups -OCH3 is 1. The predicted octanol–water partition coefficient (Wildman–Crippen LogP) is 1.98. The molecule has 0 atom stereocenters. The molecule has 1 amide bonds. The Morgan fingerprint density at radius 1 is 1.37 bits per heavy atom. The van der Waals surface area contributed by atoms with E-state index in [1.807, 2.05) is 0 Å². The van der Waals surface area contributed by atoms with E-state index in [0.717, 1.165) is 10.2 Å². The fourth-order valence-corrected chi connectivity index (χ4v) is 2.37. The van der Waals surface area contributed by atoms with Crippen LogP contribution >= 0.6 is 11.3 Å². The van der Waals surface area contributed by atoms with E-state index in [1.54, 1.807) is 37.6 Å². The zero-order valence-electron chi connectivity index (χ0n) is 10.9. The van der Waals surface area contributed by atoms with E-state index in [1.165, 1.54) is 18.4 Å². The van der Waals surface area contributed by atoms with Gasteiger partial charge in [0, 0.05) is 5.56 Å². The monoisotopic (exact) mass is 278 g/mol. The Morgan fingerprint density at radius 2 is 2.11 bits per heavy atom. The van der Waals surface area contributed by atoms with Crippen LogP contribution in [0.25, 0.3) is 10.2 Å². The van der Waals surface area contributed by atoms with Gasteiger partial charge in [-0.05, 0) is 32.0 Å². The molecule has 0 aliphatic carbocycles. The summed E-state index contributed by atoms with van der Waals surface area (Å²) in [6.07, 6.45) is 0. The van der Waals surface area contributed by atoms with Gasteiger partial charge in [0.15, 0.2) is 0 Å². The largest absolute Gasteiger partial charge is 0.467 e. The van der Waals surface area contributed by atoms with Crippen molar-refractivity contribution in [2.45, 2.75) is 19.4 Å². The zero-order valence-corrected chi connectivity index (χ0v) is 11.7. The quantitative estimate of drug-likeness (QED) is 0.872. The predicted molar refractivity (Wildman–Crippen MR) is 73.2 cm³/mol. The number of benzene rings is 1. The normalized spacial score (nSPS) is 11.3. The summed E-state index contributed by atoms with van der Waals surface area (Å²) in [6.45, 7) is 3.20. The first-order chi connectivity index (χ1) is 8.94. The number of fused-ring (bicyclic) bond motifs is 1. The minimum atomic E-state index is -1.06. The molecule has 2 rings (SSSR count). The van der Waals surface area contributed by atoms with Gasteiger partial charge in [-0.15, -0.1) is 11.3 Å². The Bertz CT molecular complexity index is 634. The summed E-state index contributed by atoms with van der Waals surface area (Å²) >= 11 is 1.46. The lowest BCUT2D eigenvalue weighted by molar-refractivity contribution is -0.146. The van der Waals surface area contributed by atoms with Crippen LogP contribution in [0.4, 0.5) is 0 Å². The van der Waals surface area contributed by atoms with Crippen molar-refractivity contribution in [1.29, 1.82) is 0 Å². The Hall–Kier alpha value is -1.95. The van der Waals surface area contributed by atoms with Gasteiger partial charge in [0.2, 0.25) is 0 Å². The maximum Gasteiger partial charge on any atom is 0.330 e. The number of amides is 1. The van der Waals surface area contributed by atoms with Crippen molar-refractivity contribution in [2.24, 2.45) is 0 Å². The van der Waals surface area contributed by atoms with Crippen molar-refractivity contribution < 1.29 is 14.3 Å². The number of carbonyl (C=O) groups is 2. The third kappa shape index (κ3) is 2.73. The lowest BCUT2D eigenvalue weighted by Crippen LogP contribution is -2.50. The van der Waals surface area contributed by atoms with E-state index in [9.17, 15) is 9.59 Å². The molecule has 0 radical (unpaired) electrons. The number of rotatable bonds is 3. The van der Waals surface area contributed by atoms with Crippen LogP contribution in [0.3, 0.4) is 0 Å². The molecule has 0 aliphatic heterocycles. The summed E-state index contributed by atoms with van der Waals surface area (Å²) in [7, 11) is 1.29. The van der Waals surface area contributed by atoms with Gasteiger partial charge in [-0.3, -0.25) is 4.79 Å². The molecular weight excluding hydrogens is 264 g/mol. The highest BCUT2D eigenvalue weighted by molar-refractivity contribution is 7.16. The minimum absolute atomic E-state index is 0.314. The standard InChI is InChI=1S/C13H14N2O3S/c1-13(2,12(17)18-3)15-11(16)8-4-5-9-10(6-8)19-7-14-9/h4-7H,1-3H3,(H,15,16). The van der Waals surface area contributed by atoms with Gasteiger partial charge in [0.25, 0.3) is 5.91 Å². The highest BCUT2D eigenvalue weighted by atomic mass is 32.1. The van der Waals surface area contributed by atoms with Crippen LogP contribution in [0.1, 0.15) is 24.2 Å². The molecule has 5 nitrogen and oxygen atoms in total. The molecule has 0 aliphatic rings. The molecule has 0 spiro atoms. The van der Waals surface area contributed by atoms with Crippen LogP contribution in [0.15, 0.2) is 23.7 Å². The number of esters is 1. The van der Waals surface area contributed by atoms with Crippen LogP contribution in [-0.2, 0) is 9.53 Å². The summed E-state index contributed by atoms with van der Waals surface area (Å²) in [5, 5.41) is 2.65. The number of hydrogen-bond donors (Lipinski definition) is 1. The molecule has 0 saturated carbocycles. The van der Waals surface area contributed by atoms with Crippen molar-refractivity contribution in [1.82, 2.24) is 10.3 Å². The molecule has 0 bridgehead atoms. The molecule has 1 aromatic carbocycles. The Kier molecular flexibility index (Phi) is 3.53. The first-order valence-corrected chi connectivity index (χ1v) is 6.56. The zero-order chi connectivity index (χ0) is 14.0. The van der Waals surface area contributed by atoms with Gasteiger partial charge in [-0.2, -0.15) is 0 Å². The van der Waals surface area contributed by atoms with Crippen molar-refractivity contribution >= 4 is 33.4 Å². The van der Waals surface area contributed by atoms with E-state index < -0.39 is 11.5 Å². The van der Waals surface area contributed by atoms with Crippen molar-refractivity contribution in [3.63, 3.8) is 0 Å². The number of hydrogen-bond acceptors (Lipinski definition) is 5. The number of ether oxygens (including phenoxy) is 1. The van der Waals surface area contributed by atoms with Crippen LogP contribution in [0.5, 0.6) is 0 Å². The molecule has 1 N–H and O–H groups in total. The van der Waals surface area contributed by atoms with Gasteiger partial charge in [-0.1, -0.05) is 0 Å². The molecular formula is C13H14N2O3S. The molecule has 19 heavy (non-hydrogen) atoms. The minimum Gasteiger partial charge on any atom is -0.467 e. The topological polar surface area (TPSA) is 68.3 Å². The van der Waals surface area contributed by atoms with Crippen LogP contribution in [0, 0.1) is 0 Å². The SMILES string of the molecule is COC(=O)C(C)(C)NC(=O)c1ccc2ncsc2c1. The molecule has 1 aromatic heterocycles. The van der Waals surface area contributed by atoms with Crippen LogP contribution < -0.4 is 5.32 Å². The second-order valence-corrected chi connectivity index (χ2v) is 5.49. The van der Waals surface area contributed by atoms with E-state index in [-0.39, 0.29) is 5.91 Å². The first kappa shape index (κ1) is 13.5. The Balaban J connectivity index is 2.22. The summed E-state index contributed by atoms with van der Waals surface area (Å²) in [5.41, 5.74) is 2.02. The maximum absolute atomic E-state index is 12.1. The van der Waals surface area contributed by atoms with Gasteiger partial charge in [-0.25, -0.2) is 9.78 Å². The summed E-state index contributed by atoms with van der Waals surface area (Å²) in [5.74, 6) is -0.801. The smallest absolute Gasteiger partial charge is 0.330 e. The molecule has 100 valence electrons. The molecule has 1 heterocycles. The average Bonchev–Trinajstić information content (AvgIpc) is 2.84. The van der Waals surface area contributed by atoms with Crippen molar-refractivity contribution in [2.75, 3.05) is 7.11 Å². The lowest BCUT2D eigenvalue weighted by Gasteiger charge is -2.23. The lowest BCUT2D eigenvalue weighted by atomic mass is 10.1. The van der Waals surface area contributed by atoms with E-state index in [2.05, 4.69) is 15.0 Å². The second-order valence-electron chi connectivity index (χ2n) is 4.61. The van der Waals surface area contributed by atoms with Gasteiger partial charge in [0.05, 0.1) is 22.8 Å². The van der Waals surface area contributed by atoms with Gasteiger partial charge in [0.1, 0.15) is 5.54 Å². The van der Waals surface area contributed by atoms with Crippen LogP contribution in [0.2, 0.25) is 0 Å². The van der Waals surface area contributed by atoms with E-state index in [0.29, 0.717) is 5.56 Å². The van der Waals surface area contributed by atoms with Crippen LogP contribution in [-0.4, -0.2) is 29.5 Å². The number of carbonyl (C=O) groups excluding carboxylic acids is 2. The highest BCUT2D eigenvalue weighted by Crippen LogP contribution is 2.19. The second kappa shape index (κ2) is 4.97. The molecule has 6 heteroatoms. The third-order valence-electron chi connectivity index (χ3n) is 2.72. The number of nitrogens with zero attached hydrogens (tertiary/aromatic N) is 1. The number of nitrogens with one attached hydrogen (secondary N) is 1. The summed E-state index contributed by atoms with van der Waals surface area (Å²) in [6, 6.07) is 5.23. The van der Waals surface area contributed by atoms with Crippen molar-refractivity contribution in [3.05, 3.63) is 29.3 Å². The maximum atomic E-state index is 12.1. The summed E-state index contributed by atoms with van der Waals surface area (Å²) < 4.78 is 5.58. The molecule has 2 aromatic rings. The van der Waals surface area contributed by atoms with E-state index >= 15 is 0 Å². The first-order valence-electron chi connectivity index (χ1n) is 5.68. The Labute approximate surface area is 114 Å².